The number of halogens is 3. The molecule has 0 heterocycles. The van der Waals surface area contributed by atoms with Crippen molar-refractivity contribution < 1.29 is 23.1 Å². The van der Waals surface area contributed by atoms with Gasteiger partial charge in [0.05, 0.1) is 12.0 Å². The third-order valence-electron chi connectivity index (χ3n) is 5.24. The normalized spacial score (nSPS) is 32.4. The number of carbonyl (C=O) groups excluding carboxylic acids is 1. The second kappa shape index (κ2) is 7.73. The van der Waals surface area contributed by atoms with Gasteiger partial charge in [-0.2, -0.15) is 13.2 Å². The first-order chi connectivity index (χ1) is 10.8. The van der Waals surface area contributed by atoms with E-state index in [9.17, 15) is 23.1 Å². The van der Waals surface area contributed by atoms with Crippen molar-refractivity contribution in [3.63, 3.8) is 0 Å². The summed E-state index contributed by atoms with van der Waals surface area (Å²) in [5.41, 5.74) is 0. The smallest absolute Gasteiger partial charge is 0.391 e. The number of rotatable bonds is 3. The Balaban J connectivity index is 1.74. The number of amides is 2. The minimum absolute atomic E-state index is 0.0828. The first kappa shape index (κ1) is 18.4. The zero-order chi connectivity index (χ0) is 17.0. The molecule has 2 saturated carbocycles. The molecule has 0 bridgehead atoms. The topological polar surface area (TPSA) is 52.6 Å². The summed E-state index contributed by atoms with van der Waals surface area (Å²) in [5.74, 6) is -1.13. The molecule has 0 saturated heterocycles. The van der Waals surface area contributed by atoms with E-state index in [4.69, 9.17) is 0 Å². The molecule has 2 atom stereocenters. The maximum Gasteiger partial charge on any atom is 0.391 e. The molecule has 0 spiro atoms. The molecule has 2 fully saturated rings. The van der Waals surface area contributed by atoms with Crippen LogP contribution in [0.1, 0.15) is 51.4 Å². The zero-order valence-electron chi connectivity index (χ0n) is 13.6. The summed E-state index contributed by atoms with van der Waals surface area (Å²) in [6.45, 7) is 0.491. The van der Waals surface area contributed by atoms with Crippen LogP contribution in [0.5, 0.6) is 0 Å². The summed E-state index contributed by atoms with van der Waals surface area (Å²) in [4.78, 5) is 13.7. The lowest BCUT2D eigenvalue weighted by Crippen LogP contribution is -2.47. The van der Waals surface area contributed by atoms with Crippen LogP contribution in [-0.2, 0) is 0 Å². The monoisotopic (exact) mass is 336 g/mol. The van der Waals surface area contributed by atoms with Crippen LogP contribution >= 0.6 is 0 Å². The summed E-state index contributed by atoms with van der Waals surface area (Å²) in [6, 6.07) is -0.432. The van der Waals surface area contributed by atoms with Crippen LogP contribution in [-0.4, -0.2) is 48.0 Å². The Labute approximate surface area is 135 Å². The van der Waals surface area contributed by atoms with Gasteiger partial charge in [0.2, 0.25) is 0 Å². The molecule has 0 radical (unpaired) electrons. The van der Waals surface area contributed by atoms with Gasteiger partial charge in [0.15, 0.2) is 0 Å². The van der Waals surface area contributed by atoms with Crippen molar-refractivity contribution in [2.75, 3.05) is 13.6 Å². The maximum atomic E-state index is 12.6. The van der Waals surface area contributed by atoms with Crippen LogP contribution in [0.25, 0.3) is 0 Å². The highest BCUT2D eigenvalue weighted by Gasteiger charge is 2.41. The molecule has 0 aliphatic heterocycles. The number of carbonyl (C=O) groups is 1. The number of aliphatic hydroxyl groups is 1. The minimum Gasteiger partial charge on any atom is -0.393 e. The number of alkyl halides is 3. The van der Waals surface area contributed by atoms with Crippen molar-refractivity contribution in [1.82, 2.24) is 10.2 Å². The van der Waals surface area contributed by atoms with Gasteiger partial charge in [-0.25, -0.2) is 4.79 Å². The van der Waals surface area contributed by atoms with Gasteiger partial charge in [-0.15, -0.1) is 0 Å². The van der Waals surface area contributed by atoms with Gasteiger partial charge in [0, 0.05) is 25.6 Å². The lowest BCUT2D eigenvalue weighted by atomic mass is 9.85. The van der Waals surface area contributed by atoms with Crippen molar-refractivity contribution in [3.05, 3.63) is 0 Å². The first-order valence-corrected chi connectivity index (χ1v) is 8.53. The largest absolute Gasteiger partial charge is 0.393 e. The van der Waals surface area contributed by atoms with E-state index in [1.165, 1.54) is 0 Å². The van der Waals surface area contributed by atoms with E-state index in [0.29, 0.717) is 19.4 Å². The van der Waals surface area contributed by atoms with Gasteiger partial charge in [-0.05, 0) is 38.5 Å². The van der Waals surface area contributed by atoms with Crippen molar-refractivity contribution in [3.8, 4) is 0 Å². The maximum absolute atomic E-state index is 12.6. The van der Waals surface area contributed by atoms with E-state index in [1.807, 2.05) is 0 Å². The molecule has 0 aromatic rings. The summed E-state index contributed by atoms with van der Waals surface area (Å²) in [5, 5.41) is 12.8. The molecule has 0 aromatic carbocycles. The fraction of sp³-hybridized carbons (Fsp3) is 0.938. The molecule has 4 nitrogen and oxygen atoms in total. The average Bonchev–Trinajstić information content (AvgIpc) is 2.49. The van der Waals surface area contributed by atoms with Crippen molar-refractivity contribution in [1.29, 1.82) is 0 Å². The first-order valence-electron chi connectivity index (χ1n) is 8.53. The molecule has 23 heavy (non-hydrogen) atoms. The highest BCUT2D eigenvalue weighted by atomic mass is 19.4. The Morgan fingerprint density at radius 1 is 1.13 bits per heavy atom. The van der Waals surface area contributed by atoms with Crippen LogP contribution < -0.4 is 5.32 Å². The van der Waals surface area contributed by atoms with Crippen LogP contribution in [0, 0.1) is 11.8 Å². The number of hydrogen-bond acceptors (Lipinski definition) is 2. The number of hydrogen-bond donors (Lipinski definition) is 2. The van der Waals surface area contributed by atoms with Gasteiger partial charge in [0.1, 0.15) is 0 Å². The second-order valence-corrected chi connectivity index (χ2v) is 7.03. The fourth-order valence-corrected chi connectivity index (χ4v) is 3.69. The third kappa shape index (κ3) is 5.26. The molecule has 7 heteroatoms. The Bertz CT molecular complexity index is 395. The standard InChI is InChI=1S/C16H27F3N2O2/c1-21(10-11-4-2-3-5-14(11)22)15(23)20-13-8-6-12(7-9-13)16(17,18)19/h11-14,22H,2-10H2,1H3,(H,20,23)/t11-,12?,13?,14-/m1/s1. The van der Waals surface area contributed by atoms with Crippen molar-refractivity contribution >= 4 is 6.03 Å². The Morgan fingerprint density at radius 3 is 2.30 bits per heavy atom. The Kier molecular flexibility index (Phi) is 6.17. The Morgan fingerprint density at radius 2 is 1.74 bits per heavy atom. The molecule has 134 valence electrons. The lowest BCUT2D eigenvalue weighted by Gasteiger charge is -2.34. The van der Waals surface area contributed by atoms with Gasteiger partial charge in [0.25, 0.3) is 0 Å². The summed E-state index contributed by atoms with van der Waals surface area (Å²) < 4.78 is 37.9. The van der Waals surface area contributed by atoms with Crippen LogP contribution in [0.3, 0.4) is 0 Å². The van der Waals surface area contributed by atoms with Crippen LogP contribution in [0.2, 0.25) is 0 Å². The predicted octanol–water partition coefficient (Wildman–Crippen LogP) is 3.30. The van der Waals surface area contributed by atoms with Crippen molar-refractivity contribution in [2.24, 2.45) is 11.8 Å². The lowest BCUT2D eigenvalue weighted by molar-refractivity contribution is -0.182. The highest BCUT2D eigenvalue weighted by Crippen LogP contribution is 2.37. The molecule has 2 aliphatic carbocycles. The van der Waals surface area contributed by atoms with E-state index in [0.717, 1.165) is 25.7 Å². The van der Waals surface area contributed by atoms with E-state index in [2.05, 4.69) is 5.32 Å². The van der Waals surface area contributed by atoms with Crippen LogP contribution in [0.4, 0.5) is 18.0 Å². The minimum atomic E-state index is -4.12. The number of urea groups is 1. The predicted molar refractivity (Wildman–Crippen MR) is 80.9 cm³/mol. The van der Waals surface area contributed by atoms with Crippen LogP contribution in [0.15, 0.2) is 0 Å². The van der Waals surface area contributed by atoms with Gasteiger partial charge < -0.3 is 15.3 Å². The zero-order valence-corrected chi connectivity index (χ0v) is 13.6. The van der Waals surface area contributed by atoms with E-state index >= 15 is 0 Å². The van der Waals surface area contributed by atoms with E-state index in [1.54, 1.807) is 11.9 Å². The second-order valence-electron chi connectivity index (χ2n) is 7.03. The van der Waals surface area contributed by atoms with E-state index in [-0.39, 0.29) is 36.9 Å². The highest BCUT2D eigenvalue weighted by molar-refractivity contribution is 5.74. The van der Waals surface area contributed by atoms with Gasteiger partial charge in [-0.3, -0.25) is 0 Å². The van der Waals surface area contributed by atoms with Crippen molar-refractivity contribution in [2.45, 2.75) is 69.7 Å². The van der Waals surface area contributed by atoms with Gasteiger partial charge in [-0.1, -0.05) is 12.8 Å². The number of nitrogens with zero attached hydrogens (tertiary/aromatic N) is 1. The molecular formula is C16H27F3N2O2. The quantitative estimate of drug-likeness (QED) is 0.831. The Hall–Kier alpha value is -0.980. The van der Waals surface area contributed by atoms with Gasteiger partial charge >= 0.3 is 12.2 Å². The molecular weight excluding hydrogens is 309 g/mol. The molecule has 2 N–H and O–H groups in total. The summed E-state index contributed by atoms with van der Waals surface area (Å²) >= 11 is 0. The molecule has 2 rings (SSSR count). The SMILES string of the molecule is CN(C[C@H]1CCCC[C@H]1O)C(=O)NC1CCC(C(F)(F)F)CC1. The summed E-state index contributed by atoms with van der Waals surface area (Å²) in [7, 11) is 1.68. The average molecular weight is 336 g/mol. The van der Waals surface area contributed by atoms with E-state index < -0.39 is 12.1 Å². The summed E-state index contributed by atoms with van der Waals surface area (Å²) in [6.07, 6.45) is 0.209. The third-order valence-corrected chi connectivity index (χ3v) is 5.24. The molecule has 2 aliphatic rings. The molecule has 0 unspecified atom stereocenters. The number of nitrogens with one attached hydrogen (secondary N) is 1. The fourth-order valence-electron chi connectivity index (χ4n) is 3.69. The number of aliphatic hydroxyl groups excluding tert-OH is 1. The molecule has 0 aromatic heterocycles. The molecule has 2 amide bonds.